The molecule has 3 rings (SSSR count). The molecule has 0 saturated heterocycles. The Hall–Kier alpha value is -2.13. The molecule has 2 heterocycles. The Bertz CT molecular complexity index is 605. The number of aromatic nitrogens is 1. The summed E-state index contributed by atoms with van der Waals surface area (Å²) >= 11 is 0. The van der Waals surface area contributed by atoms with Crippen LogP contribution in [0.1, 0.15) is 23.6 Å². The average molecular weight is 265 g/mol. The molecule has 3 nitrogen and oxygen atoms in total. The molecule has 0 radical (unpaired) electrons. The molecule has 0 spiro atoms. The van der Waals surface area contributed by atoms with Crippen molar-refractivity contribution >= 4 is 5.57 Å². The maximum Gasteiger partial charge on any atom is 0.0401 e. The zero-order chi connectivity index (χ0) is 13.8. The summed E-state index contributed by atoms with van der Waals surface area (Å²) in [4.78, 5) is 4.14. The van der Waals surface area contributed by atoms with Crippen LogP contribution in [0.4, 0.5) is 0 Å². The molecule has 1 aromatic carbocycles. The molecule has 3 heteroatoms. The predicted octanol–water partition coefficient (Wildman–Crippen LogP) is 2.70. The van der Waals surface area contributed by atoms with Crippen LogP contribution in [-0.4, -0.2) is 11.0 Å². The Balaban J connectivity index is 1.71. The fourth-order valence-electron chi connectivity index (χ4n) is 2.55. The molecule has 20 heavy (non-hydrogen) atoms. The van der Waals surface area contributed by atoms with Crippen molar-refractivity contribution < 1.29 is 0 Å². The van der Waals surface area contributed by atoms with E-state index in [1.54, 1.807) is 6.20 Å². The van der Waals surface area contributed by atoms with Crippen LogP contribution in [0.2, 0.25) is 0 Å². The zero-order valence-corrected chi connectivity index (χ0v) is 11.6. The minimum atomic E-state index is 0.296. The molecule has 1 unspecified atom stereocenters. The maximum atomic E-state index is 4.14. The number of fused-ring (bicyclic) bond motifs is 1. The van der Waals surface area contributed by atoms with Gasteiger partial charge in [0.25, 0.3) is 0 Å². The van der Waals surface area contributed by atoms with Gasteiger partial charge in [-0.2, -0.15) is 0 Å². The van der Waals surface area contributed by atoms with Gasteiger partial charge in [0.15, 0.2) is 0 Å². The summed E-state index contributed by atoms with van der Waals surface area (Å²) in [5.41, 5.74) is 5.23. The Morgan fingerprint density at radius 3 is 3.00 bits per heavy atom. The zero-order valence-electron chi connectivity index (χ0n) is 11.6. The van der Waals surface area contributed by atoms with Gasteiger partial charge in [0.1, 0.15) is 0 Å². The van der Waals surface area contributed by atoms with Crippen LogP contribution in [0.15, 0.2) is 55.0 Å². The van der Waals surface area contributed by atoms with E-state index in [1.165, 1.54) is 22.3 Å². The molecular weight excluding hydrogens is 246 g/mol. The standard InChI is InChI=1S/C17H19N3/c1-13(20-10-14-5-4-8-18-9-14)17-12-19-11-15-6-2-3-7-16(15)17/h2-9,12-13,19-20H,10-11H2,1H3. The molecule has 1 aliphatic rings. The first-order valence-electron chi connectivity index (χ1n) is 6.98. The average Bonchev–Trinajstić information content (AvgIpc) is 2.53. The lowest BCUT2D eigenvalue weighted by Crippen LogP contribution is -2.30. The number of pyridine rings is 1. The van der Waals surface area contributed by atoms with Gasteiger partial charge < -0.3 is 10.6 Å². The Morgan fingerprint density at radius 1 is 1.25 bits per heavy atom. The predicted molar refractivity (Wildman–Crippen MR) is 81.8 cm³/mol. The maximum absolute atomic E-state index is 4.14. The number of hydrogen-bond donors (Lipinski definition) is 2. The number of rotatable bonds is 4. The minimum Gasteiger partial charge on any atom is -0.387 e. The molecule has 0 fully saturated rings. The number of benzene rings is 1. The first-order chi connectivity index (χ1) is 9.84. The van der Waals surface area contributed by atoms with Crippen LogP contribution in [0.5, 0.6) is 0 Å². The van der Waals surface area contributed by atoms with Gasteiger partial charge in [-0.1, -0.05) is 30.3 Å². The molecule has 1 aromatic heterocycles. The molecule has 102 valence electrons. The number of hydrogen-bond acceptors (Lipinski definition) is 3. The third-order valence-electron chi connectivity index (χ3n) is 3.68. The van der Waals surface area contributed by atoms with E-state index in [-0.39, 0.29) is 0 Å². The van der Waals surface area contributed by atoms with E-state index in [0.29, 0.717) is 6.04 Å². The van der Waals surface area contributed by atoms with E-state index >= 15 is 0 Å². The highest BCUT2D eigenvalue weighted by Crippen LogP contribution is 2.25. The van der Waals surface area contributed by atoms with Gasteiger partial charge in [0.2, 0.25) is 0 Å². The molecule has 2 N–H and O–H groups in total. The molecule has 0 aliphatic carbocycles. The first kappa shape index (κ1) is 12.9. The van der Waals surface area contributed by atoms with Crippen LogP contribution < -0.4 is 10.6 Å². The molecular formula is C17H19N3. The van der Waals surface area contributed by atoms with E-state index in [0.717, 1.165) is 13.1 Å². The lowest BCUT2D eigenvalue weighted by molar-refractivity contribution is 0.637. The summed E-state index contributed by atoms with van der Waals surface area (Å²) < 4.78 is 0. The van der Waals surface area contributed by atoms with Gasteiger partial charge in [-0.25, -0.2) is 0 Å². The van der Waals surface area contributed by atoms with Crippen LogP contribution in [-0.2, 0) is 13.1 Å². The SMILES string of the molecule is CC(NCc1cccnc1)C1=CNCc2ccccc21. The van der Waals surface area contributed by atoms with E-state index in [9.17, 15) is 0 Å². The van der Waals surface area contributed by atoms with E-state index in [4.69, 9.17) is 0 Å². The topological polar surface area (TPSA) is 37.0 Å². The third kappa shape index (κ3) is 2.73. The van der Waals surface area contributed by atoms with Crippen LogP contribution in [0.3, 0.4) is 0 Å². The van der Waals surface area contributed by atoms with Crippen molar-refractivity contribution in [1.29, 1.82) is 0 Å². The monoisotopic (exact) mass is 265 g/mol. The number of nitrogens with zero attached hydrogens (tertiary/aromatic N) is 1. The van der Waals surface area contributed by atoms with Crippen molar-refractivity contribution in [3.63, 3.8) is 0 Å². The summed E-state index contributed by atoms with van der Waals surface area (Å²) in [6, 6.07) is 12.9. The van der Waals surface area contributed by atoms with Gasteiger partial charge >= 0.3 is 0 Å². The molecule has 0 saturated carbocycles. The van der Waals surface area contributed by atoms with E-state index in [1.807, 2.05) is 12.3 Å². The molecule has 2 aromatic rings. The molecule has 1 atom stereocenters. The summed E-state index contributed by atoms with van der Waals surface area (Å²) in [5, 5.41) is 6.92. The Labute approximate surface area is 119 Å². The fraction of sp³-hybridized carbons (Fsp3) is 0.235. The summed E-state index contributed by atoms with van der Waals surface area (Å²) in [7, 11) is 0. The van der Waals surface area contributed by atoms with Gasteiger partial charge in [0.05, 0.1) is 0 Å². The van der Waals surface area contributed by atoms with Crippen molar-refractivity contribution in [2.24, 2.45) is 0 Å². The molecule has 0 amide bonds. The summed E-state index contributed by atoms with van der Waals surface area (Å²) in [5.74, 6) is 0. The fourth-order valence-corrected chi connectivity index (χ4v) is 2.55. The Morgan fingerprint density at radius 2 is 2.15 bits per heavy atom. The van der Waals surface area contributed by atoms with Gasteiger partial charge in [0, 0.05) is 37.7 Å². The first-order valence-corrected chi connectivity index (χ1v) is 6.98. The van der Waals surface area contributed by atoms with E-state index < -0.39 is 0 Å². The van der Waals surface area contributed by atoms with Gasteiger partial charge in [-0.05, 0) is 35.3 Å². The minimum absolute atomic E-state index is 0.296. The van der Waals surface area contributed by atoms with Crippen LogP contribution in [0.25, 0.3) is 5.57 Å². The van der Waals surface area contributed by atoms with Crippen molar-refractivity contribution in [3.05, 3.63) is 71.7 Å². The highest BCUT2D eigenvalue weighted by molar-refractivity contribution is 5.72. The van der Waals surface area contributed by atoms with Crippen molar-refractivity contribution in [2.45, 2.75) is 26.1 Å². The van der Waals surface area contributed by atoms with Crippen LogP contribution >= 0.6 is 0 Å². The second kappa shape index (κ2) is 5.88. The summed E-state index contributed by atoms with van der Waals surface area (Å²) in [6.45, 7) is 3.94. The highest BCUT2D eigenvalue weighted by Gasteiger charge is 2.16. The third-order valence-corrected chi connectivity index (χ3v) is 3.68. The lowest BCUT2D eigenvalue weighted by Gasteiger charge is -2.24. The normalized spacial score (nSPS) is 14.9. The lowest BCUT2D eigenvalue weighted by atomic mass is 9.93. The second-order valence-electron chi connectivity index (χ2n) is 5.10. The van der Waals surface area contributed by atoms with Crippen molar-refractivity contribution in [1.82, 2.24) is 15.6 Å². The second-order valence-corrected chi connectivity index (χ2v) is 5.10. The van der Waals surface area contributed by atoms with Gasteiger partial charge in [-0.15, -0.1) is 0 Å². The molecule has 0 bridgehead atoms. The smallest absolute Gasteiger partial charge is 0.0401 e. The summed E-state index contributed by atoms with van der Waals surface area (Å²) in [6.07, 6.45) is 5.83. The number of nitrogens with one attached hydrogen (secondary N) is 2. The quantitative estimate of drug-likeness (QED) is 0.892. The van der Waals surface area contributed by atoms with Crippen molar-refractivity contribution in [3.8, 4) is 0 Å². The van der Waals surface area contributed by atoms with Gasteiger partial charge in [-0.3, -0.25) is 4.98 Å². The van der Waals surface area contributed by atoms with Crippen LogP contribution in [0, 0.1) is 0 Å². The highest BCUT2D eigenvalue weighted by atomic mass is 14.9. The largest absolute Gasteiger partial charge is 0.387 e. The Kier molecular flexibility index (Phi) is 3.79. The molecule has 1 aliphatic heterocycles. The van der Waals surface area contributed by atoms with Crippen molar-refractivity contribution in [2.75, 3.05) is 0 Å². The van der Waals surface area contributed by atoms with E-state index in [2.05, 4.69) is 59.1 Å².